The van der Waals surface area contributed by atoms with Crippen LogP contribution in [0.1, 0.15) is 11.5 Å². The highest BCUT2D eigenvalue weighted by atomic mass is 35.5. The van der Waals surface area contributed by atoms with E-state index in [4.69, 9.17) is 21.1 Å². The minimum absolute atomic E-state index is 0.181. The molecule has 2 amide bonds. The van der Waals surface area contributed by atoms with Crippen LogP contribution in [0.5, 0.6) is 11.5 Å². The highest BCUT2D eigenvalue weighted by Crippen LogP contribution is 2.35. The maximum Gasteiger partial charge on any atom is 0.319 e. The first-order valence-electron chi connectivity index (χ1n) is 7.82. The maximum atomic E-state index is 12.2. The zero-order valence-corrected chi connectivity index (χ0v) is 16.1. The summed E-state index contributed by atoms with van der Waals surface area (Å²) in [5.41, 5.74) is 1.25. The summed E-state index contributed by atoms with van der Waals surface area (Å²) in [6.07, 6.45) is 0. The van der Waals surface area contributed by atoms with E-state index < -0.39 is 6.03 Å². The summed E-state index contributed by atoms with van der Waals surface area (Å²) in [5.74, 6) is 2.18. The molecule has 2 aromatic rings. The van der Waals surface area contributed by atoms with Crippen molar-refractivity contribution in [3.05, 3.63) is 34.7 Å². The van der Waals surface area contributed by atoms with E-state index in [1.807, 2.05) is 32.0 Å². The molecule has 0 radical (unpaired) electrons. The number of hydrogen-bond donors (Lipinski definition) is 2. The monoisotopic (exact) mass is 379 g/mol. The number of methoxy groups -OCH3 is 2. The molecule has 8 nitrogen and oxygen atoms in total. The van der Waals surface area contributed by atoms with E-state index in [0.29, 0.717) is 28.0 Å². The quantitative estimate of drug-likeness (QED) is 0.802. The second-order valence-corrected chi connectivity index (χ2v) is 6.08. The molecule has 0 aliphatic heterocycles. The molecule has 0 saturated carbocycles. The van der Waals surface area contributed by atoms with Gasteiger partial charge in [0.25, 0.3) is 0 Å². The van der Waals surface area contributed by atoms with Gasteiger partial charge in [0.15, 0.2) is 0 Å². The smallest absolute Gasteiger partial charge is 0.319 e. The highest BCUT2D eigenvalue weighted by Gasteiger charge is 2.13. The number of anilines is 2. The molecule has 0 fully saturated rings. The van der Waals surface area contributed by atoms with E-state index in [2.05, 4.69) is 20.6 Å². The Labute approximate surface area is 157 Å². The van der Waals surface area contributed by atoms with E-state index in [-0.39, 0.29) is 6.54 Å². The predicted octanol–water partition coefficient (Wildman–Crippen LogP) is 2.84. The third kappa shape index (κ3) is 4.89. The summed E-state index contributed by atoms with van der Waals surface area (Å²) < 4.78 is 10.4. The molecular weight excluding hydrogens is 358 g/mol. The highest BCUT2D eigenvalue weighted by molar-refractivity contribution is 6.32. The van der Waals surface area contributed by atoms with Gasteiger partial charge in [0.2, 0.25) is 0 Å². The van der Waals surface area contributed by atoms with Crippen LogP contribution in [0.2, 0.25) is 5.02 Å². The second kappa shape index (κ2) is 8.57. The standard InChI is InChI=1S/C17H22ClN5O3/c1-10-6-16(23(2)3)22-15(20-10)9-19-17(24)21-12-7-11(18)13(25-4)8-14(12)26-5/h6-8H,9H2,1-5H3,(H2,19,21,24). The average Bonchev–Trinajstić information content (AvgIpc) is 2.59. The van der Waals surface area contributed by atoms with Gasteiger partial charge < -0.3 is 25.0 Å². The van der Waals surface area contributed by atoms with Crippen molar-refractivity contribution in [3.8, 4) is 11.5 Å². The molecule has 1 aromatic carbocycles. The number of halogens is 1. The zero-order chi connectivity index (χ0) is 19.3. The first-order valence-corrected chi connectivity index (χ1v) is 8.20. The summed E-state index contributed by atoms with van der Waals surface area (Å²) in [6, 6.07) is 4.60. The number of ether oxygens (including phenoxy) is 2. The molecule has 0 saturated heterocycles. The largest absolute Gasteiger partial charge is 0.495 e. The molecule has 0 aliphatic rings. The van der Waals surface area contributed by atoms with Crippen molar-refractivity contribution >= 4 is 29.1 Å². The topological polar surface area (TPSA) is 88.6 Å². The van der Waals surface area contributed by atoms with Gasteiger partial charge in [-0.15, -0.1) is 0 Å². The lowest BCUT2D eigenvalue weighted by Crippen LogP contribution is -2.29. The fourth-order valence-electron chi connectivity index (χ4n) is 2.20. The minimum Gasteiger partial charge on any atom is -0.495 e. The van der Waals surface area contributed by atoms with Crippen LogP contribution in [0.25, 0.3) is 0 Å². The molecule has 0 spiro atoms. The third-order valence-corrected chi connectivity index (χ3v) is 3.77. The number of aromatic nitrogens is 2. The number of rotatable bonds is 6. The molecule has 1 heterocycles. The van der Waals surface area contributed by atoms with Crippen LogP contribution in [0, 0.1) is 6.92 Å². The molecule has 26 heavy (non-hydrogen) atoms. The van der Waals surface area contributed by atoms with E-state index in [0.717, 1.165) is 11.5 Å². The van der Waals surface area contributed by atoms with Crippen LogP contribution in [-0.2, 0) is 6.54 Å². The Morgan fingerprint density at radius 1 is 1.15 bits per heavy atom. The number of benzene rings is 1. The second-order valence-electron chi connectivity index (χ2n) is 5.67. The number of nitrogens with zero attached hydrogens (tertiary/aromatic N) is 3. The molecule has 0 aliphatic carbocycles. The van der Waals surface area contributed by atoms with Gasteiger partial charge in [-0.25, -0.2) is 14.8 Å². The van der Waals surface area contributed by atoms with Crippen LogP contribution in [0.15, 0.2) is 18.2 Å². The first kappa shape index (κ1) is 19.6. The number of hydrogen-bond acceptors (Lipinski definition) is 6. The van der Waals surface area contributed by atoms with E-state index >= 15 is 0 Å². The Bertz CT molecular complexity index is 798. The lowest BCUT2D eigenvalue weighted by atomic mass is 10.2. The van der Waals surface area contributed by atoms with Crippen LogP contribution in [-0.4, -0.2) is 44.3 Å². The fraction of sp³-hybridized carbons (Fsp3) is 0.353. The Hall–Kier alpha value is -2.74. The summed E-state index contributed by atoms with van der Waals surface area (Å²) in [7, 11) is 6.79. The van der Waals surface area contributed by atoms with Gasteiger partial charge in [0.05, 0.1) is 31.5 Å². The third-order valence-electron chi connectivity index (χ3n) is 3.47. The van der Waals surface area contributed by atoms with Gasteiger partial charge >= 0.3 is 6.03 Å². The Morgan fingerprint density at radius 2 is 1.85 bits per heavy atom. The fourth-order valence-corrected chi connectivity index (χ4v) is 2.44. The zero-order valence-electron chi connectivity index (χ0n) is 15.4. The molecule has 0 unspecified atom stereocenters. The number of carbonyl (C=O) groups is 1. The van der Waals surface area contributed by atoms with E-state index in [9.17, 15) is 4.79 Å². The van der Waals surface area contributed by atoms with Gasteiger partial charge in [-0.2, -0.15) is 0 Å². The Kier molecular flexibility index (Phi) is 6.46. The number of carbonyl (C=O) groups excluding carboxylic acids is 1. The molecular formula is C17H22ClN5O3. The lowest BCUT2D eigenvalue weighted by molar-refractivity contribution is 0.251. The molecule has 1 aromatic heterocycles. The Balaban J connectivity index is 2.07. The van der Waals surface area contributed by atoms with Crippen molar-refractivity contribution in [2.75, 3.05) is 38.5 Å². The molecule has 0 atom stereocenters. The summed E-state index contributed by atoms with van der Waals surface area (Å²) >= 11 is 6.10. The molecule has 2 N–H and O–H groups in total. The van der Waals surface area contributed by atoms with Crippen LogP contribution in [0.4, 0.5) is 16.3 Å². The lowest BCUT2D eigenvalue weighted by Gasteiger charge is -2.15. The van der Waals surface area contributed by atoms with E-state index in [1.54, 1.807) is 12.1 Å². The number of aryl methyl sites for hydroxylation is 1. The van der Waals surface area contributed by atoms with Gasteiger partial charge in [-0.1, -0.05) is 11.6 Å². The number of nitrogens with one attached hydrogen (secondary N) is 2. The van der Waals surface area contributed by atoms with Crippen LogP contribution < -0.4 is 25.0 Å². The average molecular weight is 380 g/mol. The van der Waals surface area contributed by atoms with E-state index in [1.165, 1.54) is 14.2 Å². The first-order chi connectivity index (χ1) is 12.3. The Morgan fingerprint density at radius 3 is 2.46 bits per heavy atom. The predicted molar refractivity (Wildman–Crippen MR) is 102 cm³/mol. The molecule has 140 valence electrons. The summed E-state index contributed by atoms with van der Waals surface area (Å²) in [5, 5.41) is 5.77. The normalized spacial score (nSPS) is 10.2. The van der Waals surface area contributed by atoms with Gasteiger partial charge in [-0.05, 0) is 13.0 Å². The van der Waals surface area contributed by atoms with Crippen molar-refractivity contribution in [2.45, 2.75) is 13.5 Å². The maximum absolute atomic E-state index is 12.2. The van der Waals surface area contributed by atoms with Gasteiger partial charge in [-0.3, -0.25) is 0 Å². The van der Waals surface area contributed by atoms with Crippen molar-refractivity contribution in [1.29, 1.82) is 0 Å². The van der Waals surface area contributed by atoms with Crippen molar-refractivity contribution in [3.63, 3.8) is 0 Å². The van der Waals surface area contributed by atoms with Crippen molar-refractivity contribution in [1.82, 2.24) is 15.3 Å². The van der Waals surface area contributed by atoms with Crippen LogP contribution >= 0.6 is 11.6 Å². The van der Waals surface area contributed by atoms with Gasteiger partial charge in [0, 0.05) is 31.9 Å². The summed E-state index contributed by atoms with van der Waals surface area (Å²) in [4.78, 5) is 22.8. The molecule has 0 bridgehead atoms. The van der Waals surface area contributed by atoms with Crippen molar-refractivity contribution < 1.29 is 14.3 Å². The minimum atomic E-state index is -0.430. The van der Waals surface area contributed by atoms with Crippen LogP contribution in [0.3, 0.4) is 0 Å². The van der Waals surface area contributed by atoms with Gasteiger partial charge in [0.1, 0.15) is 23.1 Å². The number of urea groups is 1. The number of amides is 2. The summed E-state index contributed by atoms with van der Waals surface area (Å²) in [6.45, 7) is 2.06. The SMILES string of the molecule is COc1cc(OC)c(NC(=O)NCc2nc(C)cc(N(C)C)n2)cc1Cl. The van der Waals surface area contributed by atoms with Crippen molar-refractivity contribution in [2.24, 2.45) is 0 Å². The molecule has 2 rings (SSSR count). The molecule has 9 heteroatoms.